The molecule has 1 amide bonds. The highest BCUT2D eigenvalue weighted by Crippen LogP contribution is 2.27. The third kappa shape index (κ3) is 3.36. The fourth-order valence-corrected chi connectivity index (χ4v) is 3.60. The van der Waals surface area contributed by atoms with Gasteiger partial charge in [-0.2, -0.15) is 4.40 Å². The normalized spacial score (nSPS) is 14.1. The van der Waals surface area contributed by atoms with Gasteiger partial charge in [-0.25, -0.2) is 9.37 Å². The lowest BCUT2D eigenvalue weighted by molar-refractivity contribution is -0.113. The standard InChI is InChI=1S/C19H15ClFN5OS/c1-25-16-6-4-3-5-14(16)23-18(25)15-10-17(26(2)28-24-15)19(27)22-11-7-8-13(21)12(20)9-11/h3-10H,1-2H3,(H,22,27). The number of anilines is 1. The van der Waals surface area contributed by atoms with Crippen molar-refractivity contribution >= 4 is 52.1 Å². The van der Waals surface area contributed by atoms with Crippen molar-refractivity contribution < 1.29 is 9.18 Å². The van der Waals surface area contributed by atoms with E-state index < -0.39 is 5.82 Å². The number of carbonyl (C=O) groups is 1. The number of benzene rings is 2. The van der Waals surface area contributed by atoms with E-state index in [2.05, 4.69) is 14.7 Å². The Labute approximate surface area is 170 Å². The number of aromatic nitrogens is 2. The second-order valence-corrected chi connectivity index (χ2v) is 7.45. The summed E-state index contributed by atoms with van der Waals surface area (Å²) in [5.74, 6) is -0.235. The fraction of sp³-hybridized carbons (Fsp3) is 0.105. The van der Waals surface area contributed by atoms with Gasteiger partial charge in [0, 0.05) is 19.8 Å². The number of halogens is 2. The van der Waals surface area contributed by atoms with Gasteiger partial charge in [0.25, 0.3) is 5.91 Å². The predicted octanol–water partition coefficient (Wildman–Crippen LogP) is 4.19. The van der Waals surface area contributed by atoms with Crippen molar-refractivity contribution in [3.05, 3.63) is 70.9 Å². The number of rotatable bonds is 3. The summed E-state index contributed by atoms with van der Waals surface area (Å²) < 4.78 is 21.4. The van der Waals surface area contributed by atoms with Crippen molar-refractivity contribution in [2.75, 3.05) is 12.4 Å². The highest BCUT2D eigenvalue weighted by atomic mass is 35.5. The lowest BCUT2D eigenvalue weighted by Crippen LogP contribution is -2.27. The molecule has 0 aliphatic carbocycles. The van der Waals surface area contributed by atoms with Crippen LogP contribution in [0.3, 0.4) is 0 Å². The largest absolute Gasteiger partial charge is 0.326 e. The third-order valence-electron chi connectivity index (χ3n) is 4.30. The van der Waals surface area contributed by atoms with Gasteiger partial charge in [0.2, 0.25) is 0 Å². The molecular formula is C19H15ClFN5OS. The van der Waals surface area contributed by atoms with Crippen LogP contribution in [0.5, 0.6) is 0 Å². The van der Waals surface area contributed by atoms with Crippen molar-refractivity contribution in [2.24, 2.45) is 11.4 Å². The van der Waals surface area contributed by atoms with Crippen LogP contribution in [-0.2, 0) is 11.8 Å². The van der Waals surface area contributed by atoms with E-state index in [1.807, 2.05) is 35.9 Å². The zero-order valence-electron chi connectivity index (χ0n) is 15.0. The Bertz CT molecular complexity index is 1160. The molecule has 1 aliphatic rings. The molecule has 2 heterocycles. The fourth-order valence-electron chi connectivity index (χ4n) is 2.85. The number of allylic oxidation sites excluding steroid dienone is 1. The molecular weight excluding hydrogens is 401 g/mol. The minimum absolute atomic E-state index is 0.0555. The quantitative estimate of drug-likeness (QED) is 0.651. The predicted molar refractivity (Wildman–Crippen MR) is 111 cm³/mol. The first-order chi connectivity index (χ1) is 13.4. The number of hydrogen-bond acceptors (Lipinski definition) is 5. The molecule has 0 atom stereocenters. The van der Waals surface area contributed by atoms with Crippen LogP contribution in [0.4, 0.5) is 10.1 Å². The van der Waals surface area contributed by atoms with E-state index in [9.17, 15) is 9.18 Å². The van der Waals surface area contributed by atoms with Crippen LogP contribution in [0.15, 0.2) is 58.6 Å². The number of hydrogen-bond donors (Lipinski definition) is 1. The molecule has 4 rings (SSSR count). The van der Waals surface area contributed by atoms with Gasteiger partial charge in [0.15, 0.2) is 5.82 Å². The molecule has 0 unspecified atom stereocenters. The van der Waals surface area contributed by atoms with Crippen molar-refractivity contribution in [1.82, 2.24) is 13.9 Å². The minimum atomic E-state index is -0.541. The number of aryl methyl sites for hydroxylation is 1. The Hall–Kier alpha value is -2.84. The molecule has 0 fully saturated rings. The number of carbonyl (C=O) groups excluding carboxylic acids is 1. The zero-order valence-corrected chi connectivity index (χ0v) is 16.6. The van der Waals surface area contributed by atoms with Gasteiger partial charge in [-0.1, -0.05) is 23.7 Å². The van der Waals surface area contributed by atoms with Crippen LogP contribution >= 0.6 is 23.7 Å². The molecule has 0 bridgehead atoms. The number of likely N-dealkylation sites (N-methyl/N-ethyl adjacent to an activating group) is 1. The van der Waals surface area contributed by atoms with Gasteiger partial charge >= 0.3 is 0 Å². The summed E-state index contributed by atoms with van der Waals surface area (Å²) in [6.07, 6.45) is 1.68. The van der Waals surface area contributed by atoms with Crippen LogP contribution in [0.2, 0.25) is 5.02 Å². The van der Waals surface area contributed by atoms with Crippen molar-refractivity contribution in [3.63, 3.8) is 0 Å². The lowest BCUT2D eigenvalue weighted by atomic mass is 10.2. The number of imidazole rings is 1. The number of para-hydroxylation sites is 2. The topological polar surface area (TPSA) is 62.5 Å². The molecule has 2 aromatic carbocycles. The molecule has 9 heteroatoms. The van der Waals surface area contributed by atoms with E-state index in [-0.39, 0.29) is 10.9 Å². The molecule has 0 spiro atoms. The molecule has 1 N–H and O–H groups in total. The zero-order chi connectivity index (χ0) is 19.8. The Morgan fingerprint density at radius 2 is 2.00 bits per heavy atom. The van der Waals surface area contributed by atoms with Crippen molar-refractivity contribution in [1.29, 1.82) is 0 Å². The second kappa shape index (κ2) is 7.29. The Kier molecular flexibility index (Phi) is 4.82. The van der Waals surface area contributed by atoms with Gasteiger partial charge in [-0.3, -0.25) is 9.10 Å². The Morgan fingerprint density at radius 3 is 2.75 bits per heavy atom. The molecule has 0 saturated heterocycles. The van der Waals surface area contributed by atoms with Crippen molar-refractivity contribution in [3.8, 4) is 0 Å². The molecule has 1 aromatic heterocycles. The summed E-state index contributed by atoms with van der Waals surface area (Å²) in [6.45, 7) is 0. The molecule has 0 saturated carbocycles. The van der Waals surface area contributed by atoms with Gasteiger partial charge < -0.3 is 9.88 Å². The van der Waals surface area contributed by atoms with Crippen LogP contribution in [0, 0.1) is 5.82 Å². The van der Waals surface area contributed by atoms with Crippen molar-refractivity contribution in [2.45, 2.75) is 0 Å². The molecule has 0 radical (unpaired) electrons. The van der Waals surface area contributed by atoms with Crippen LogP contribution in [-0.4, -0.2) is 32.5 Å². The van der Waals surface area contributed by atoms with E-state index in [4.69, 9.17) is 11.6 Å². The van der Waals surface area contributed by atoms with Crippen LogP contribution < -0.4 is 5.32 Å². The molecule has 6 nitrogen and oxygen atoms in total. The molecule has 3 aromatic rings. The summed E-state index contributed by atoms with van der Waals surface area (Å²) in [5.41, 5.74) is 3.21. The Morgan fingerprint density at radius 1 is 1.21 bits per heavy atom. The maximum absolute atomic E-state index is 13.3. The van der Waals surface area contributed by atoms with E-state index in [1.165, 1.54) is 18.2 Å². The first-order valence-corrected chi connectivity index (χ1v) is 9.43. The average molecular weight is 416 g/mol. The number of nitrogens with one attached hydrogen (secondary N) is 1. The van der Waals surface area contributed by atoms with E-state index in [1.54, 1.807) is 17.4 Å². The smallest absolute Gasteiger partial charge is 0.272 e. The highest BCUT2D eigenvalue weighted by molar-refractivity contribution is 7.96. The summed E-state index contributed by atoms with van der Waals surface area (Å²) >= 11 is 6.93. The number of fused-ring (bicyclic) bond motifs is 1. The van der Waals surface area contributed by atoms with Gasteiger partial charge in [0.1, 0.15) is 17.2 Å². The second-order valence-electron chi connectivity index (χ2n) is 6.15. The number of nitrogens with zero attached hydrogens (tertiary/aromatic N) is 4. The van der Waals surface area contributed by atoms with E-state index in [0.717, 1.165) is 23.2 Å². The maximum atomic E-state index is 13.3. The first-order valence-electron chi connectivity index (χ1n) is 8.33. The van der Waals surface area contributed by atoms with Gasteiger partial charge in [0.05, 0.1) is 28.2 Å². The molecule has 1 aliphatic heterocycles. The molecule has 142 valence electrons. The summed E-state index contributed by atoms with van der Waals surface area (Å²) in [5, 5.41) is 2.67. The van der Waals surface area contributed by atoms with E-state index in [0.29, 0.717) is 22.9 Å². The first kappa shape index (κ1) is 18.5. The van der Waals surface area contributed by atoms with E-state index >= 15 is 0 Å². The lowest BCUT2D eigenvalue weighted by Gasteiger charge is -2.22. The minimum Gasteiger partial charge on any atom is -0.326 e. The molecule has 28 heavy (non-hydrogen) atoms. The number of amides is 1. The average Bonchev–Trinajstić information content (AvgIpc) is 3.02. The Balaban J connectivity index is 1.65. The SMILES string of the molecule is CN1SN=C(c2nc3ccccc3n2C)C=C1C(=O)Nc1ccc(F)c(Cl)c1. The maximum Gasteiger partial charge on any atom is 0.272 e. The van der Waals surface area contributed by atoms with Gasteiger partial charge in [-0.05, 0) is 36.4 Å². The third-order valence-corrected chi connectivity index (χ3v) is 5.31. The van der Waals surface area contributed by atoms with Crippen LogP contribution in [0.25, 0.3) is 11.0 Å². The highest BCUT2D eigenvalue weighted by Gasteiger charge is 2.23. The van der Waals surface area contributed by atoms with Crippen LogP contribution in [0.1, 0.15) is 5.82 Å². The summed E-state index contributed by atoms with van der Waals surface area (Å²) in [6, 6.07) is 11.8. The monoisotopic (exact) mass is 415 g/mol. The van der Waals surface area contributed by atoms with Gasteiger partial charge in [-0.15, -0.1) is 0 Å². The summed E-state index contributed by atoms with van der Waals surface area (Å²) in [7, 11) is 3.65. The summed E-state index contributed by atoms with van der Waals surface area (Å²) in [4.78, 5) is 17.4.